The van der Waals surface area contributed by atoms with Gasteiger partial charge in [0.2, 0.25) is 0 Å². The highest BCUT2D eigenvalue weighted by atomic mass is 19.3. The average molecular weight is 220 g/mol. The number of carboxylic acid groups (broad SMARTS) is 1. The Morgan fingerprint density at radius 2 is 2.07 bits per heavy atom. The molecule has 5 nitrogen and oxygen atoms in total. The van der Waals surface area contributed by atoms with Gasteiger partial charge in [0, 0.05) is 6.42 Å². The van der Waals surface area contributed by atoms with Crippen molar-refractivity contribution in [2.75, 3.05) is 6.54 Å². The molecule has 0 saturated heterocycles. The topological polar surface area (TPSA) is 78.4 Å². The molecule has 0 saturated carbocycles. The lowest BCUT2D eigenvalue weighted by molar-refractivity contribution is -0.139. The van der Waals surface area contributed by atoms with E-state index in [1.54, 1.807) is 5.32 Å². The van der Waals surface area contributed by atoms with Gasteiger partial charge in [-0.25, -0.2) is 18.4 Å². The predicted octanol–water partition coefficient (Wildman–Crippen LogP) is 0.0272. The highest BCUT2D eigenvalue weighted by Gasteiger charge is 2.18. The van der Waals surface area contributed by atoms with Crippen LogP contribution in [0.3, 0.4) is 0 Å². The van der Waals surface area contributed by atoms with Crippen molar-refractivity contribution >= 4 is 12.0 Å². The second-order valence-electron chi connectivity index (χ2n) is 2.54. The van der Waals surface area contributed by atoms with Crippen molar-refractivity contribution in [3.8, 4) is 12.3 Å². The van der Waals surface area contributed by atoms with Gasteiger partial charge in [-0.15, -0.1) is 12.3 Å². The summed E-state index contributed by atoms with van der Waals surface area (Å²) >= 11 is 0. The molecule has 0 radical (unpaired) electrons. The predicted molar refractivity (Wildman–Crippen MR) is 47.4 cm³/mol. The Morgan fingerprint density at radius 1 is 1.47 bits per heavy atom. The van der Waals surface area contributed by atoms with E-state index in [1.807, 2.05) is 11.2 Å². The van der Waals surface area contributed by atoms with E-state index >= 15 is 0 Å². The molecule has 15 heavy (non-hydrogen) atoms. The third kappa shape index (κ3) is 6.26. The van der Waals surface area contributed by atoms with Crippen LogP contribution in [0, 0.1) is 12.3 Å². The molecular formula is C8H10F2N2O3. The Labute approximate surface area is 84.8 Å². The van der Waals surface area contributed by atoms with Crippen LogP contribution in [-0.2, 0) is 4.79 Å². The molecule has 0 heterocycles. The number of aliphatic carboxylic acids is 1. The fraction of sp³-hybridized carbons (Fsp3) is 0.500. The summed E-state index contributed by atoms with van der Waals surface area (Å²) in [6, 6.07) is -2.26. The van der Waals surface area contributed by atoms with Crippen molar-refractivity contribution in [2.24, 2.45) is 0 Å². The number of urea groups is 1. The molecule has 0 aliphatic carbocycles. The Kier molecular flexibility index (Phi) is 5.78. The zero-order chi connectivity index (χ0) is 11.8. The Balaban J connectivity index is 4.01. The molecule has 0 bridgehead atoms. The number of carbonyl (C=O) groups excluding carboxylic acids is 1. The number of amides is 2. The van der Waals surface area contributed by atoms with Gasteiger partial charge < -0.3 is 15.7 Å². The summed E-state index contributed by atoms with van der Waals surface area (Å²) in [5.41, 5.74) is 0. The van der Waals surface area contributed by atoms with E-state index in [9.17, 15) is 18.4 Å². The van der Waals surface area contributed by atoms with Gasteiger partial charge in [-0.05, 0) is 0 Å². The van der Waals surface area contributed by atoms with Crippen molar-refractivity contribution in [1.29, 1.82) is 0 Å². The summed E-state index contributed by atoms with van der Waals surface area (Å²) in [7, 11) is 0. The van der Waals surface area contributed by atoms with Gasteiger partial charge in [0.1, 0.15) is 6.04 Å². The number of alkyl halides is 2. The first-order valence-electron chi connectivity index (χ1n) is 3.96. The van der Waals surface area contributed by atoms with Gasteiger partial charge in [0.15, 0.2) is 0 Å². The summed E-state index contributed by atoms with van der Waals surface area (Å²) in [5.74, 6) is 0.729. The van der Waals surface area contributed by atoms with E-state index < -0.39 is 31.0 Å². The minimum absolute atomic E-state index is 0.211. The largest absolute Gasteiger partial charge is 0.480 e. The number of carbonyl (C=O) groups is 2. The number of hydrogen-bond acceptors (Lipinski definition) is 2. The maximum Gasteiger partial charge on any atom is 0.327 e. The molecule has 2 amide bonds. The SMILES string of the molecule is C#CCC(NC(=O)NCC(F)F)C(=O)O. The molecule has 0 aromatic rings. The van der Waals surface area contributed by atoms with Gasteiger partial charge in [0.25, 0.3) is 6.43 Å². The van der Waals surface area contributed by atoms with Crippen molar-refractivity contribution < 1.29 is 23.5 Å². The highest BCUT2D eigenvalue weighted by molar-refractivity contribution is 5.82. The van der Waals surface area contributed by atoms with Crippen LogP contribution in [0.4, 0.5) is 13.6 Å². The van der Waals surface area contributed by atoms with Gasteiger partial charge in [-0.1, -0.05) is 0 Å². The van der Waals surface area contributed by atoms with E-state index in [0.717, 1.165) is 0 Å². The zero-order valence-corrected chi connectivity index (χ0v) is 7.67. The molecule has 1 atom stereocenters. The molecule has 1 unspecified atom stereocenters. The third-order valence-corrected chi connectivity index (χ3v) is 1.34. The minimum atomic E-state index is -2.69. The molecule has 0 aromatic carbocycles. The van der Waals surface area contributed by atoms with Gasteiger partial charge in [-0.2, -0.15) is 0 Å². The number of terminal acetylenes is 1. The molecule has 84 valence electrons. The smallest absolute Gasteiger partial charge is 0.327 e. The molecule has 0 aromatic heterocycles. The Bertz CT molecular complexity index is 276. The lowest BCUT2D eigenvalue weighted by atomic mass is 10.2. The molecule has 0 aliphatic rings. The first-order valence-corrected chi connectivity index (χ1v) is 3.96. The van der Waals surface area contributed by atoms with E-state index in [1.165, 1.54) is 0 Å². The van der Waals surface area contributed by atoms with Crippen molar-refractivity contribution in [3.63, 3.8) is 0 Å². The fourth-order valence-corrected chi connectivity index (χ4v) is 0.697. The van der Waals surface area contributed by atoms with Crippen molar-refractivity contribution in [2.45, 2.75) is 18.9 Å². The number of rotatable bonds is 5. The Hall–Kier alpha value is -1.84. The van der Waals surface area contributed by atoms with Crippen LogP contribution in [0.5, 0.6) is 0 Å². The van der Waals surface area contributed by atoms with E-state index in [2.05, 4.69) is 0 Å². The maximum atomic E-state index is 11.6. The van der Waals surface area contributed by atoms with Gasteiger partial charge in [-0.3, -0.25) is 0 Å². The first-order chi connectivity index (χ1) is 6.97. The van der Waals surface area contributed by atoms with Crippen LogP contribution in [0.2, 0.25) is 0 Å². The summed E-state index contributed by atoms with van der Waals surface area (Å²) < 4.78 is 23.3. The quantitative estimate of drug-likeness (QED) is 0.572. The second-order valence-corrected chi connectivity index (χ2v) is 2.54. The zero-order valence-electron chi connectivity index (χ0n) is 7.67. The van der Waals surface area contributed by atoms with Gasteiger partial charge >= 0.3 is 12.0 Å². The molecule has 7 heteroatoms. The fourth-order valence-electron chi connectivity index (χ4n) is 0.697. The van der Waals surface area contributed by atoms with Crippen molar-refractivity contribution in [1.82, 2.24) is 10.6 Å². The van der Waals surface area contributed by atoms with Gasteiger partial charge in [0.05, 0.1) is 6.54 Å². The minimum Gasteiger partial charge on any atom is -0.480 e. The van der Waals surface area contributed by atoms with E-state index in [0.29, 0.717) is 0 Å². The summed E-state index contributed by atoms with van der Waals surface area (Å²) in [6.45, 7) is -0.839. The number of hydrogen-bond donors (Lipinski definition) is 3. The van der Waals surface area contributed by atoms with Crippen LogP contribution in [-0.4, -0.2) is 36.1 Å². The number of nitrogens with one attached hydrogen (secondary N) is 2. The average Bonchev–Trinajstić information content (AvgIpc) is 2.14. The molecular weight excluding hydrogens is 210 g/mol. The first kappa shape index (κ1) is 13.2. The van der Waals surface area contributed by atoms with E-state index in [-0.39, 0.29) is 6.42 Å². The molecule has 0 rings (SSSR count). The van der Waals surface area contributed by atoms with Crippen LogP contribution < -0.4 is 10.6 Å². The Morgan fingerprint density at radius 3 is 2.47 bits per heavy atom. The number of halogens is 2. The van der Waals surface area contributed by atoms with Crippen LogP contribution in [0.25, 0.3) is 0 Å². The molecule has 0 aliphatic heterocycles. The number of carboxylic acids is 1. The molecule has 0 fully saturated rings. The molecule has 3 N–H and O–H groups in total. The summed E-state index contributed by atoms with van der Waals surface area (Å²) in [5, 5.41) is 12.3. The van der Waals surface area contributed by atoms with E-state index in [4.69, 9.17) is 11.5 Å². The third-order valence-electron chi connectivity index (χ3n) is 1.34. The lowest BCUT2D eigenvalue weighted by Crippen LogP contribution is -2.46. The van der Waals surface area contributed by atoms with Crippen LogP contribution in [0.15, 0.2) is 0 Å². The van der Waals surface area contributed by atoms with Crippen LogP contribution >= 0.6 is 0 Å². The maximum absolute atomic E-state index is 11.6. The second kappa shape index (κ2) is 6.59. The van der Waals surface area contributed by atoms with Crippen LogP contribution in [0.1, 0.15) is 6.42 Å². The lowest BCUT2D eigenvalue weighted by Gasteiger charge is -2.12. The summed E-state index contributed by atoms with van der Waals surface area (Å²) in [4.78, 5) is 21.3. The van der Waals surface area contributed by atoms with Crippen molar-refractivity contribution in [3.05, 3.63) is 0 Å². The normalized spacial score (nSPS) is 11.6. The standard InChI is InChI=1S/C8H10F2N2O3/c1-2-3-5(7(13)14)12-8(15)11-4-6(9)10/h1,5-6H,3-4H2,(H,13,14)(H2,11,12,15). The highest BCUT2D eigenvalue weighted by Crippen LogP contribution is 1.91. The molecule has 0 spiro atoms. The monoisotopic (exact) mass is 220 g/mol. The summed E-state index contributed by atoms with van der Waals surface area (Å²) in [6.07, 6.45) is 1.96.